The van der Waals surface area contributed by atoms with Crippen LogP contribution < -0.4 is 11.1 Å². The number of alkyl halides is 1. The van der Waals surface area contributed by atoms with E-state index in [-0.39, 0.29) is 52.8 Å². The number of ketones is 1. The van der Waals surface area contributed by atoms with E-state index in [4.69, 9.17) is 17.3 Å². The van der Waals surface area contributed by atoms with E-state index in [0.717, 1.165) is 4.90 Å². The van der Waals surface area contributed by atoms with Gasteiger partial charge in [-0.05, 0) is 37.3 Å². The normalized spacial score (nSPS) is 16.6. The van der Waals surface area contributed by atoms with Crippen molar-refractivity contribution in [1.82, 2.24) is 14.7 Å². The lowest BCUT2D eigenvalue weighted by atomic mass is 10.00. The number of rotatable bonds is 7. The first-order valence-electron chi connectivity index (χ1n) is 12.6. The quantitative estimate of drug-likeness (QED) is 0.314. The zero-order valence-corrected chi connectivity index (χ0v) is 22.5. The number of halogens is 3. The summed E-state index contributed by atoms with van der Waals surface area (Å²) in [7, 11) is 0. The smallest absolute Gasteiger partial charge is 0.269 e. The third-order valence-electron chi connectivity index (χ3n) is 6.97. The maximum absolute atomic E-state index is 15.6. The number of para-hydroxylation sites is 1. The summed E-state index contributed by atoms with van der Waals surface area (Å²) in [4.78, 5) is 51.3. The lowest BCUT2D eigenvalue weighted by Gasteiger charge is -2.24. The van der Waals surface area contributed by atoms with Crippen LogP contribution in [0, 0.1) is 5.82 Å². The highest BCUT2D eigenvalue weighted by molar-refractivity contribution is 6.33. The molecule has 3 amide bonds. The van der Waals surface area contributed by atoms with Gasteiger partial charge in [-0.2, -0.15) is 5.10 Å². The molecule has 1 aromatic heterocycles. The average Bonchev–Trinajstić information content (AvgIpc) is 3.51. The van der Waals surface area contributed by atoms with Crippen LogP contribution in [-0.2, 0) is 16.1 Å². The van der Waals surface area contributed by atoms with E-state index in [9.17, 15) is 23.6 Å². The second-order valence-electron chi connectivity index (χ2n) is 9.69. The van der Waals surface area contributed by atoms with Crippen molar-refractivity contribution in [1.29, 1.82) is 0 Å². The topological polar surface area (TPSA) is 127 Å². The number of aromatic nitrogens is 2. The molecule has 0 saturated carbocycles. The summed E-state index contributed by atoms with van der Waals surface area (Å²) >= 11 is 6.28. The molecule has 2 heterocycles. The van der Waals surface area contributed by atoms with Crippen LogP contribution in [0.15, 0.2) is 60.7 Å². The fourth-order valence-corrected chi connectivity index (χ4v) is 5.18. The molecule has 3 aromatic carbocycles. The molecule has 3 N–H and O–H groups in total. The Balaban J connectivity index is 1.39. The summed E-state index contributed by atoms with van der Waals surface area (Å²) in [6, 6.07) is 14.2. The molecule has 4 aromatic rings. The predicted molar refractivity (Wildman–Crippen MR) is 149 cm³/mol. The monoisotopic (exact) mass is 579 g/mol. The summed E-state index contributed by atoms with van der Waals surface area (Å²) in [6.07, 6.45) is -1.76. The number of Topliss-reactive ketones (excluding diaryl/α,β-unsaturated/α-hetero) is 1. The maximum atomic E-state index is 15.6. The number of carbonyl (C=O) groups is 4. The third kappa shape index (κ3) is 5.40. The Labute approximate surface area is 237 Å². The number of primary amides is 1. The number of fused-ring (bicyclic) bond motifs is 1. The first-order chi connectivity index (χ1) is 19.5. The minimum atomic E-state index is -1.48. The zero-order chi connectivity index (χ0) is 29.4. The molecule has 9 nitrogen and oxygen atoms in total. The highest BCUT2D eigenvalue weighted by atomic mass is 35.5. The first kappa shape index (κ1) is 27.9. The minimum absolute atomic E-state index is 0.0169. The summed E-state index contributed by atoms with van der Waals surface area (Å²) in [5.41, 5.74) is 6.32. The number of nitrogens with two attached hydrogens (primary N) is 1. The van der Waals surface area contributed by atoms with Gasteiger partial charge in [0.1, 0.15) is 18.8 Å². The van der Waals surface area contributed by atoms with Crippen molar-refractivity contribution in [2.24, 2.45) is 5.73 Å². The van der Waals surface area contributed by atoms with E-state index in [0.29, 0.717) is 16.5 Å². The van der Waals surface area contributed by atoms with Crippen LogP contribution in [0.5, 0.6) is 0 Å². The SMILES string of the molecule is CC(=O)c1ccc(Cl)c(-c2cccc(NC(=O)[C@@H]3C[C@@H](F)CN3C(=O)Cn3nc(C(N)=O)c4ccccc43)c2F)c1. The Bertz CT molecular complexity index is 1720. The van der Waals surface area contributed by atoms with E-state index in [1.54, 1.807) is 24.3 Å². The van der Waals surface area contributed by atoms with Crippen LogP contribution in [0.25, 0.3) is 22.0 Å². The summed E-state index contributed by atoms with van der Waals surface area (Å²) < 4.78 is 31.4. The molecule has 0 unspecified atom stereocenters. The van der Waals surface area contributed by atoms with Crippen molar-refractivity contribution < 1.29 is 28.0 Å². The van der Waals surface area contributed by atoms with Crippen molar-refractivity contribution >= 4 is 51.7 Å². The average molecular weight is 580 g/mol. The van der Waals surface area contributed by atoms with Gasteiger partial charge in [-0.25, -0.2) is 8.78 Å². The van der Waals surface area contributed by atoms with E-state index in [2.05, 4.69) is 10.4 Å². The highest BCUT2D eigenvalue weighted by Gasteiger charge is 2.40. The highest BCUT2D eigenvalue weighted by Crippen LogP contribution is 2.34. The van der Waals surface area contributed by atoms with Crippen LogP contribution >= 0.6 is 11.6 Å². The molecule has 1 aliphatic rings. The number of likely N-dealkylation sites (tertiary alicyclic amines) is 1. The van der Waals surface area contributed by atoms with Crippen LogP contribution in [0.1, 0.15) is 34.2 Å². The maximum Gasteiger partial charge on any atom is 0.269 e. The molecular formula is C29H24ClF2N5O4. The molecule has 5 rings (SSSR count). The molecule has 12 heteroatoms. The zero-order valence-electron chi connectivity index (χ0n) is 21.7. The van der Waals surface area contributed by atoms with Crippen molar-refractivity contribution in [3.05, 3.63) is 82.8 Å². The summed E-state index contributed by atoms with van der Waals surface area (Å²) in [5.74, 6) is -3.20. The van der Waals surface area contributed by atoms with Crippen molar-refractivity contribution in [2.45, 2.75) is 32.1 Å². The van der Waals surface area contributed by atoms with Gasteiger partial charge in [-0.3, -0.25) is 23.9 Å². The van der Waals surface area contributed by atoms with Gasteiger partial charge >= 0.3 is 0 Å². The molecule has 0 aliphatic carbocycles. The predicted octanol–water partition coefficient (Wildman–Crippen LogP) is 4.38. The van der Waals surface area contributed by atoms with Gasteiger partial charge in [-0.15, -0.1) is 0 Å². The Morgan fingerprint density at radius 1 is 1.07 bits per heavy atom. The molecule has 2 atom stereocenters. The Morgan fingerprint density at radius 2 is 1.83 bits per heavy atom. The van der Waals surface area contributed by atoms with Gasteiger partial charge in [0.2, 0.25) is 11.8 Å². The van der Waals surface area contributed by atoms with Crippen molar-refractivity contribution in [3.63, 3.8) is 0 Å². The van der Waals surface area contributed by atoms with E-state index in [1.165, 1.54) is 48.0 Å². The Morgan fingerprint density at radius 3 is 2.56 bits per heavy atom. The van der Waals surface area contributed by atoms with Crippen LogP contribution in [0.4, 0.5) is 14.5 Å². The molecule has 1 aliphatic heterocycles. The van der Waals surface area contributed by atoms with E-state index >= 15 is 4.39 Å². The van der Waals surface area contributed by atoms with Gasteiger partial charge in [0.05, 0.1) is 17.7 Å². The van der Waals surface area contributed by atoms with Crippen LogP contribution in [0.3, 0.4) is 0 Å². The van der Waals surface area contributed by atoms with Crippen molar-refractivity contribution in [3.8, 4) is 11.1 Å². The van der Waals surface area contributed by atoms with Crippen LogP contribution in [0.2, 0.25) is 5.02 Å². The minimum Gasteiger partial charge on any atom is -0.364 e. The Kier molecular flexibility index (Phi) is 7.55. The number of amides is 3. The van der Waals surface area contributed by atoms with Gasteiger partial charge < -0.3 is 16.0 Å². The Hall–Kier alpha value is -4.64. The number of nitrogens with zero attached hydrogens (tertiary/aromatic N) is 3. The first-order valence-corrected chi connectivity index (χ1v) is 13.0. The lowest BCUT2D eigenvalue weighted by molar-refractivity contribution is -0.137. The standard InChI is InChI=1S/C29H24ClF2N5O4/c1-15(38)16-9-10-21(30)20(11-16)18-6-4-7-22(26(18)32)34-29(41)24-12-17(31)13-36(24)25(39)14-37-23-8-3-2-5-19(23)27(35-37)28(33)40/h2-11,17,24H,12-14H2,1H3,(H2,33,40)(H,34,41)/t17-,24+/m1/s1. The molecule has 0 spiro atoms. The molecule has 0 bridgehead atoms. The molecule has 210 valence electrons. The molecule has 1 saturated heterocycles. The summed E-state index contributed by atoms with van der Waals surface area (Å²) in [5, 5.41) is 7.28. The van der Waals surface area contributed by atoms with Gasteiger partial charge in [-0.1, -0.05) is 41.9 Å². The number of hydrogen-bond donors (Lipinski definition) is 2. The second-order valence-corrected chi connectivity index (χ2v) is 10.1. The summed E-state index contributed by atoms with van der Waals surface area (Å²) in [6.45, 7) is 0.659. The fraction of sp³-hybridized carbons (Fsp3) is 0.207. The fourth-order valence-electron chi connectivity index (χ4n) is 4.96. The second kappa shape index (κ2) is 11.1. The largest absolute Gasteiger partial charge is 0.364 e. The number of nitrogens with one attached hydrogen (secondary N) is 1. The van der Waals surface area contributed by atoms with Gasteiger partial charge in [0.25, 0.3) is 5.91 Å². The van der Waals surface area contributed by atoms with E-state index < -0.39 is 35.8 Å². The number of carbonyl (C=O) groups excluding carboxylic acids is 4. The number of anilines is 1. The molecule has 1 fully saturated rings. The number of hydrogen-bond acceptors (Lipinski definition) is 5. The molecule has 41 heavy (non-hydrogen) atoms. The van der Waals surface area contributed by atoms with E-state index in [1.807, 2.05) is 0 Å². The third-order valence-corrected chi connectivity index (χ3v) is 7.30. The molecular weight excluding hydrogens is 556 g/mol. The van der Waals surface area contributed by atoms with Crippen molar-refractivity contribution in [2.75, 3.05) is 11.9 Å². The lowest BCUT2D eigenvalue weighted by Crippen LogP contribution is -2.44. The van der Waals surface area contributed by atoms with Gasteiger partial charge in [0, 0.05) is 33.5 Å². The van der Waals surface area contributed by atoms with Gasteiger partial charge in [0.15, 0.2) is 17.3 Å². The molecule has 0 radical (unpaired) electrons. The number of benzene rings is 3. The van der Waals surface area contributed by atoms with Crippen LogP contribution in [-0.4, -0.2) is 56.9 Å².